The molecule has 7 heteroatoms. The highest BCUT2D eigenvalue weighted by Gasteiger charge is 2.06. The predicted octanol–water partition coefficient (Wildman–Crippen LogP) is 2.08. The van der Waals surface area contributed by atoms with Gasteiger partial charge in [-0.3, -0.25) is 9.59 Å². The highest BCUT2D eigenvalue weighted by atomic mass is 19.2. The van der Waals surface area contributed by atoms with E-state index in [9.17, 15) is 18.4 Å². The molecule has 0 heterocycles. The van der Waals surface area contributed by atoms with E-state index >= 15 is 0 Å². The molecule has 2 rings (SSSR count). The molecule has 1 aromatic rings. The number of benzene rings is 1. The maximum atomic E-state index is 12.4. The fourth-order valence-electron chi connectivity index (χ4n) is 1.75. The molecule has 5 nitrogen and oxygen atoms in total. The Morgan fingerprint density at radius 2 is 1.82 bits per heavy atom. The van der Waals surface area contributed by atoms with Crippen molar-refractivity contribution in [2.45, 2.75) is 38.1 Å². The van der Waals surface area contributed by atoms with Crippen LogP contribution in [0.25, 0.3) is 0 Å². The second-order valence-corrected chi connectivity index (χ2v) is 4.76. The predicted molar refractivity (Wildman–Crippen MR) is 79.5 cm³/mol. The van der Waals surface area contributed by atoms with Crippen molar-refractivity contribution in [2.75, 3.05) is 6.54 Å². The summed E-state index contributed by atoms with van der Waals surface area (Å²) in [6.07, 6.45) is 6.94. The third-order valence-corrected chi connectivity index (χ3v) is 2.93. The number of carbonyl (C=O) groups is 2. The van der Waals surface area contributed by atoms with Crippen LogP contribution in [0.2, 0.25) is 0 Å². The SMILES string of the molecule is NC1CCCCC1.NCC(=O)O.O=Cc1cccc(F)c1F. The van der Waals surface area contributed by atoms with Crippen LogP contribution in [0.4, 0.5) is 8.78 Å². The van der Waals surface area contributed by atoms with E-state index in [1.807, 2.05) is 0 Å². The Morgan fingerprint density at radius 3 is 2.14 bits per heavy atom. The summed E-state index contributed by atoms with van der Waals surface area (Å²) in [5.74, 6) is -3.05. The molecule has 124 valence electrons. The van der Waals surface area contributed by atoms with Gasteiger partial charge in [-0.2, -0.15) is 0 Å². The van der Waals surface area contributed by atoms with Gasteiger partial charge in [-0.05, 0) is 25.0 Å². The molecule has 0 bridgehead atoms. The van der Waals surface area contributed by atoms with Gasteiger partial charge in [0.2, 0.25) is 0 Å². The molecule has 0 spiro atoms. The fraction of sp³-hybridized carbons (Fsp3) is 0.467. The molecule has 0 aliphatic heterocycles. The Morgan fingerprint density at radius 1 is 1.27 bits per heavy atom. The van der Waals surface area contributed by atoms with Crippen LogP contribution in [0.5, 0.6) is 0 Å². The topological polar surface area (TPSA) is 106 Å². The van der Waals surface area contributed by atoms with Gasteiger partial charge in [-0.25, -0.2) is 8.78 Å². The van der Waals surface area contributed by atoms with Crippen LogP contribution in [-0.2, 0) is 4.79 Å². The third kappa shape index (κ3) is 9.15. The largest absolute Gasteiger partial charge is 0.480 e. The van der Waals surface area contributed by atoms with Crippen LogP contribution in [0.15, 0.2) is 18.2 Å². The molecule has 0 unspecified atom stereocenters. The number of nitrogens with two attached hydrogens (primary N) is 2. The molecular formula is C15H22F2N2O3. The normalized spacial score (nSPS) is 14.0. The number of aliphatic carboxylic acids is 1. The molecule has 22 heavy (non-hydrogen) atoms. The van der Waals surface area contributed by atoms with Gasteiger partial charge in [0.1, 0.15) is 0 Å². The van der Waals surface area contributed by atoms with Crippen molar-refractivity contribution < 1.29 is 23.5 Å². The van der Waals surface area contributed by atoms with Crippen LogP contribution in [0.3, 0.4) is 0 Å². The Kier molecular flexibility index (Phi) is 10.8. The molecule has 0 atom stereocenters. The number of halogens is 2. The number of hydrogen-bond acceptors (Lipinski definition) is 4. The number of hydrogen-bond donors (Lipinski definition) is 3. The highest BCUT2D eigenvalue weighted by Crippen LogP contribution is 2.14. The average molecular weight is 316 g/mol. The van der Waals surface area contributed by atoms with Crippen LogP contribution < -0.4 is 11.5 Å². The van der Waals surface area contributed by atoms with E-state index in [1.165, 1.54) is 44.2 Å². The Bertz CT molecular complexity index is 464. The summed E-state index contributed by atoms with van der Waals surface area (Å²) in [6, 6.07) is 3.99. The Balaban J connectivity index is 0.000000322. The molecule has 0 aromatic heterocycles. The van der Waals surface area contributed by atoms with Crippen molar-refractivity contribution in [1.29, 1.82) is 0 Å². The van der Waals surface area contributed by atoms with E-state index in [4.69, 9.17) is 10.8 Å². The van der Waals surface area contributed by atoms with Crippen LogP contribution in [0, 0.1) is 11.6 Å². The van der Waals surface area contributed by atoms with Gasteiger partial charge in [0.15, 0.2) is 17.9 Å². The first kappa shape index (κ1) is 20.1. The van der Waals surface area contributed by atoms with Crippen molar-refractivity contribution in [3.8, 4) is 0 Å². The molecule has 1 aromatic carbocycles. The lowest BCUT2D eigenvalue weighted by Crippen LogP contribution is -2.22. The zero-order chi connectivity index (χ0) is 17.0. The maximum absolute atomic E-state index is 12.4. The molecule has 1 saturated carbocycles. The number of carboxylic acids is 1. The first-order valence-corrected chi connectivity index (χ1v) is 6.99. The number of rotatable bonds is 2. The van der Waals surface area contributed by atoms with Crippen molar-refractivity contribution in [1.82, 2.24) is 0 Å². The minimum Gasteiger partial charge on any atom is -0.480 e. The van der Waals surface area contributed by atoms with Gasteiger partial charge in [-0.1, -0.05) is 25.3 Å². The van der Waals surface area contributed by atoms with Crippen LogP contribution >= 0.6 is 0 Å². The number of carbonyl (C=O) groups excluding carboxylic acids is 1. The molecular weight excluding hydrogens is 294 g/mol. The van der Waals surface area contributed by atoms with Crippen molar-refractivity contribution in [2.24, 2.45) is 11.5 Å². The summed E-state index contributed by atoms with van der Waals surface area (Å²) in [5.41, 5.74) is 9.96. The number of aldehydes is 1. The molecule has 0 saturated heterocycles. The summed E-state index contributed by atoms with van der Waals surface area (Å²) >= 11 is 0. The van der Waals surface area contributed by atoms with Crippen LogP contribution in [0.1, 0.15) is 42.5 Å². The maximum Gasteiger partial charge on any atom is 0.317 e. The van der Waals surface area contributed by atoms with Crippen LogP contribution in [-0.4, -0.2) is 29.9 Å². The van der Waals surface area contributed by atoms with Crippen molar-refractivity contribution in [3.63, 3.8) is 0 Å². The first-order valence-electron chi connectivity index (χ1n) is 6.99. The molecule has 1 aliphatic carbocycles. The lowest BCUT2D eigenvalue weighted by Gasteiger charge is -2.15. The zero-order valence-electron chi connectivity index (χ0n) is 12.3. The molecule has 1 fully saturated rings. The fourth-order valence-corrected chi connectivity index (χ4v) is 1.75. The van der Waals surface area contributed by atoms with E-state index in [-0.39, 0.29) is 18.4 Å². The van der Waals surface area contributed by atoms with Gasteiger partial charge in [0, 0.05) is 6.04 Å². The van der Waals surface area contributed by atoms with E-state index < -0.39 is 17.6 Å². The minimum absolute atomic E-state index is 0.250. The minimum atomic E-state index is -1.09. The molecule has 0 amide bonds. The third-order valence-electron chi connectivity index (χ3n) is 2.93. The van der Waals surface area contributed by atoms with Gasteiger partial charge in [0.25, 0.3) is 0 Å². The molecule has 5 N–H and O–H groups in total. The Labute approximate surface area is 128 Å². The van der Waals surface area contributed by atoms with E-state index in [1.54, 1.807) is 0 Å². The first-order chi connectivity index (χ1) is 10.4. The molecule has 0 radical (unpaired) electrons. The number of carboxylic acid groups (broad SMARTS) is 1. The monoisotopic (exact) mass is 316 g/mol. The summed E-state index contributed by atoms with van der Waals surface area (Å²) in [7, 11) is 0. The average Bonchev–Trinajstić information content (AvgIpc) is 2.52. The van der Waals surface area contributed by atoms with Gasteiger partial charge >= 0.3 is 5.97 Å². The van der Waals surface area contributed by atoms with Gasteiger partial charge in [0.05, 0.1) is 12.1 Å². The van der Waals surface area contributed by atoms with E-state index in [0.29, 0.717) is 6.04 Å². The quantitative estimate of drug-likeness (QED) is 0.724. The van der Waals surface area contributed by atoms with Crippen molar-refractivity contribution in [3.05, 3.63) is 35.4 Å². The second-order valence-electron chi connectivity index (χ2n) is 4.76. The Hall–Kier alpha value is -1.86. The van der Waals surface area contributed by atoms with Gasteiger partial charge in [-0.15, -0.1) is 0 Å². The summed E-state index contributed by atoms with van der Waals surface area (Å²) in [4.78, 5) is 19.2. The smallest absolute Gasteiger partial charge is 0.317 e. The molecule has 1 aliphatic rings. The summed E-state index contributed by atoms with van der Waals surface area (Å²) < 4.78 is 24.6. The van der Waals surface area contributed by atoms with Gasteiger partial charge < -0.3 is 16.6 Å². The standard InChI is InChI=1S/C7H4F2O.C6H13N.C2H5NO2/c8-6-3-1-2-5(4-10)7(6)9;7-6-4-2-1-3-5-6;3-1-2(4)5/h1-4H;6H,1-5,7H2;1,3H2,(H,4,5). The van der Waals surface area contributed by atoms with E-state index in [2.05, 4.69) is 5.73 Å². The highest BCUT2D eigenvalue weighted by molar-refractivity contribution is 5.74. The van der Waals surface area contributed by atoms with Crippen molar-refractivity contribution >= 4 is 12.3 Å². The lowest BCUT2D eigenvalue weighted by atomic mass is 9.97. The van der Waals surface area contributed by atoms with E-state index in [0.717, 1.165) is 6.07 Å². The lowest BCUT2D eigenvalue weighted by molar-refractivity contribution is -0.135. The summed E-state index contributed by atoms with van der Waals surface area (Å²) in [5, 5.41) is 7.60. The zero-order valence-corrected chi connectivity index (χ0v) is 12.3. The second kappa shape index (κ2) is 11.8. The summed E-state index contributed by atoms with van der Waals surface area (Å²) in [6.45, 7) is -0.278.